The Kier molecular flexibility index (Phi) is 12.4. The molecule has 4 heteroatoms. The highest BCUT2D eigenvalue weighted by molar-refractivity contribution is 7.09. The van der Waals surface area contributed by atoms with Gasteiger partial charge in [-0.3, -0.25) is 4.79 Å². The first kappa shape index (κ1) is 32.0. The molecule has 4 aromatic rings. The van der Waals surface area contributed by atoms with Crippen molar-refractivity contribution >= 4 is 15.2 Å². The molecule has 0 saturated heterocycles. The van der Waals surface area contributed by atoms with Gasteiger partial charge in [0.25, 0.3) is 0 Å². The number of Topliss-reactive ketones (excluding diaryl/α,β-unsaturated/α-hetero) is 1. The Morgan fingerprint density at radius 3 is 1.93 bits per heavy atom. The monoisotopic (exact) mass is 588 g/mol. The molecule has 2 atom stereocenters. The third-order valence-electron chi connectivity index (χ3n) is 7.65. The lowest BCUT2D eigenvalue weighted by molar-refractivity contribution is 0.105. The first-order valence-electron chi connectivity index (χ1n) is 15.1. The van der Waals surface area contributed by atoms with Gasteiger partial charge in [-0.25, -0.2) is 0 Å². The van der Waals surface area contributed by atoms with Crippen LogP contribution in [0.3, 0.4) is 0 Å². The van der Waals surface area contributed by atoms with Crippen LogP contribution in [0.4, 0.5) is 0 Å². The SMILES string of the molecule is C=CCc1c(OC(c2ccccc2)(c2ccccc2)c2ccccc2)cccc1C(=O)C#CCC[C@H](CCCCC)OP. The summed E-state index contributed by atoms with van der Waals surface area (Å²) in [5.74, 6) is 6.39. The van der Waals surface area contributed by atoms with Gasteiger partial charge < -0.3 is 9.26 Å². The molecule has 4 rings (SSSR count). The van der Waals surface area contributed by atoms with Crippen LogP contribution in [0.2, 0.25) is 0 Å². The van der Waals surface area contributed by atoms with Crippen LogP contribution in [0.15, 0.2) is 122 Å². The van der Waals surface area contributed by atoms with E-state index in [-0.39, 0.29) is 11.9 Å². The van der Waals surface area contributed by atoms with Crippen molar-refractivity contribution < 1.29 is 14.1 Å². The summed E-state index contributed by atoms with van der Waals surface area (Å²) in [6, 6.07) is 36.3. The number of benzene rings is 4. The first-order chi connectivity index (χ1) is 21.1. The minimum Gasteiger partial charge on any atom is -0.473 e. The Morgan fingerprint density at radius 1 is 0.837 bits per heavy atom. The summed E-state index contributed by atoms with van der Waals surface area (Å²) >= 11 is 0. The van der Waals surface area contributed by atoms with Crippen LogP contribution in [0.1, 0.15) is 78.1 Å². The highest BCUT2D eigenvalue weighted by Gasteiger charge is 2.39. The molecule has 0 radical (unpaired) electrons. The summed E-state index contributed by atoms with van der Waals surface area (Å²) in [7, 11) is 2.38. The summed E-state index contributed by atoms with van der Waals surface area (Å²) in [6.07, 6.45) is 8.31. The Hall–Kier alpha value is -3.96. The molecule has 0 N–H and O–H groups in total. The molecule has 0 heterocycles. The van der Waals surface area contributed by atoms with Gasteiger partial charge in [0.15, 0.2) is 5.60 Å². The van der Waals surface area contributed by atoms with E-state index in [0.717, 1.165) is 41.5 Å². The molecule has 0 amide bonds. The number of ether oxygens (including phenoxy) is 1. The maximum atomic E-state index is 13.5. The van der Waals surface area contributed by atoms with Crippen molar-refractivity contribution in [1.29, 1.82) is 0 Å². The van der Waals surface area contributed by atoms with E-state index in [2.05, 4.69) is 71.2 Å². The predicted molar refractivity (Wildman–Crippen MR) is 180 cm³/mol. The zero-order chi connectivity index (χ0) is 30.3. The lowest BCUT2D eigenvalue weighted by atomic mass is 9.80. The molecule has 3 nitrogen and oxygen atoms in total. The molecule has 0 aliphatic heterocycles. The van der Waals surface area contributed by atoms with Crippen LogP contribution in [-0.4, -0.2) is 11.9 Å². The average molecular weight is 589 g/mol. The number of carbonyl (C=O) groups excluding carboxylic acids is 1. The zero-order valence-electron chi connectivity index (χ0n) is 25.0. The van der Waals surface area contributed by atoms with Crippen LogP contribution < -0.4 is 4.74 Å². The van der Waals surface area contributed by atoms with Gasteiger partial charge in [-0.05, 0) is 37.3 Å². The summed E-state index contributed by atoms with van der Waals surface area (Å²) < 4.78 is 12.7. The van der Waals surface area contributed by atoms with E-state index in [0.29, 0.717) is 24.2 Å². The number of unbranched alkanes of at least 4 members (excludes halogenated alkanes) is 2. The molecule has 0 aliphatic carbocycles. The molecule has 0 spiro atoms. The summed E-state index contributed by atoms with van der Waals surface area (Å²) in [4.78, 5) is 13.5. The third-order valence-corrected chi connectivity index (χ3v) is 8.03. The zero-order valence-corrected chi connectivity index (χ0v) is 26.2. The second-order valence-corrected chi connectivity index (χ2v) is 10.9. The lowest BCUT2D eigenvalue weighted by Crippen LogP contribution is -2.36. The van der Waals surface area contributed by atoms with Gasteiger partial charge >= 0.3 is 0 Å². The maximum absolute atomic E-state index is 13.5. The van der Waals surface area contributed by atoms with E-state index >= 15 is 0 Å². The number of ketones is 1. The fourth-order valence-electron chi connectivity index (χ4n) is 5.43. The molecular formula is C39H41O3P. The van der Waals surface area contributed by atoms with Gasteiger partial charge in [0, 0.05) is 43.7 Å². The molecule has 0 bridgehead atoms. The van der Waals surface area contributed by atoms with Crippen LogP contribution >= 0.6 is 9.47 Å². The number of carbonyl (C=O) groups is 1. The van der Waals surface area contributed by atoms with Crippen LogP contribution in [0, 0.1) is 11.8 Å². The second kappa shape index (κ2) is 16.6. The van der Waals surface area contributed by atoms with Gasteiger partial charge in [-0.1, -0.05) is 135 Å². The number of hydrogen-bond acceptors (Lipinski definition) is 3. The summed E-state index contributed by atoms with van der Waals surface area (Å²) in [6.45, 7) is 6.18. The van der Waals surface area contributed by atoms with E-state index in [1.807, 2.05) is 72.8 Å². The van der Waals surface area contributed by atoms with Crippen LogP contribution in [-0.2, 0) is 16.5 Å². The minimum absolute atomic E-state index is 0.135. The fourth-order valence-corrected chi connectivity index (χ4v) is 5.71. The van der Waals surface area contributed by atoms with Gasteiger partial charge in [0.05, 0.1) is 6.10 Å². The predicted octanol–water partition coefficient (Wildman–Crippen LogP) is 9.51. The van der Waals surface area contributed by atoms with Crippen molar-refractivity contribution in [2.24, 2.45) is 0 Å². The van der Waals surface area contributed by atoms with Crippen LogP contribution in [0.25, 0.3) is 0 Å². The van der Waals surface area contributed by atoms with E-state index in [9.17, 15) is 4.79 Å². The second-order valence-electron chi connectivity index (χ2n) is 10.6. The molecule has 220 valence electrons. The summed E-state index contributed by atoms with van der Waals surface area (Å²) in [5, 5.41) is 0. The van der Waals surface area contributed by atoms with E-state index < -0.39 is 5.60 Å². The normalized spacial score (nSPS) is 11.7. The highest BCUT2D eigenvalue weighted by atomic mass is 31.0. The van der Waals surface area contributed by atoms with Crippen molar-refractivity contribution in [3.05, 3.63) is 150 Å². The molecule has 0 aliphatic rings. The first-order valence-corrected chi connectivity index (χ1v) is 15.6. The standard InChI is InChI=1S/C39H41O3P/c1-3-5-9-26-34(42-43)27-16-17-29-37(40)35-28-18-30-38(36(35)19-4-2)41-39(31-20-10-6-11-21-31,32-22-12-7-13-23-32)33-24-14-8-15-25-33/h4,6-8,10-15,18,20-25,28,30,34H,2-3,5,9,16,19,26-27,43H2,1H3/t34-/m0/s1. The minimum atomic E-state index is -0.960. The van der Waals surface area contributed by atoms with Gasteiger partial charge in [-0.15, -0.1) is 6.58 Å². The number of rotatable bonds is 15. The lowest BCUT2D eigenvalue weighted by Gasteiger charge is -2.37. The van der Waals surface area contributed by atoms with Crippen molar-refractivity contribution in [2.45, 2.75) is 63.6 Å². The van der Waals surface area contributed by atoms with Crippen LogP contribution in [0.5, 0.6) is 5.75 Å². The Balaban J connectivity index is 1.72. The van der Waals surface area contributed by atoms with Gasteiger partial charge in [-0.2, -0.15) is 0 Å². The van der Waals surface area contributed by atoms with E-state index in [4.69, 9.17) is 9.26 Å². The Morgan fingerprint density at radius 2 is 1.42 bits per heavy atom. The smallest absolute Gasteiger partial charge is 0.236 e. The average Bonchev–Trinajstić information content (AvgIpc) is 3.06. The highest BCUT2D eigenvalue weighted by Crippen LogP contribution is 2.42. The Bertz CT molecular complexity index is 1410. The molecule has 43 heavy (non-hydrogen) atoms. The third kappa shape index (κ3) is 8.11. The van der Waals surface area contributed by atoms with Crippen molar-refractivity contribution in [2.75, 3.05) is 0 Å². The van der Waals surface area contributed by atoms with Gasteiger partial charge in [0.2, 0.25) is 5.78 Å². The number of allylic oxidation sites excluding steroid dienone is 1. The van der Waals surface area contributed by atoms with Crippen molar-refractivity contribution in [3.8, 4) is 17.6 Å². The van der Waals surface area contributed by atoms with Crippen molar-refractivity contribution in [3.63, 3.8) is 0 Å². The topological polar surface area (TPSA) is 35.5 Å². The maximum Gasteiger partial charge on any atom is 0.236 e. The largest absolute Gasteiger partial charge is 0.473 e. The van der Waals surface area contributed by atoms with Gasteiger partial charge in [0.1, 0.15) is 5.75 Å². The molecule has 1 unspecified atom stereocenters. The Labute approximate surface area is 259 Å². The van der Waals surface area contributed by atoms with E-state index in [1.54, 1.807) is 6.08 Å². The summed E-state index contributed by atoms with van der Waals surface area (Å²) in [5.41, 5.74) is 3.30. The molecular weight excluding hydrogens is 547 g/mol. The van der Waals surface area contributed by atoms with E-state index in [1.165, 1.54) is 12.8 Å². The number of hydrogen-bond donors (Lipinski definition) is 0. The molecule has 0 saturated carbocycles. The molecule has 0 fully saturated rings. The molecule has 4 aromatic carbocycles. The quantitative estimate of drug-likeness (QED) is 0.0264. The molecule has 0 aromatic heterocycles. The van der Waals surface area contributed by atoms with Crippen molar-refractivity contribution in [1.82, 2.24) is 0 Å². The fraction of sp³-hybridized carbons (Fsp3) is 0.256.